The highest BCUT2D eigenvalue weighted by atomic mass is 79.9. The highest BCUT2D eigenvalue weighted by Crippen LogP contribution is 2.19. The zero-order valence-electron chi connectivity index (χ0n) is 10.1. The third-order valence-corrected chi connectivity index (χ3v) is 4.15. The summed E-state index contributed by atoms with van der Waals surface area (Å²) < 4.78 is 6.75. The maximum Gasteiger partial charge on any atom is 0.0717 e. The molecule has 1 aromatic heterocycles. The normalized spacial score (nSPS) is 10.7. The Balaban J connectivity index is 1.54. The molecule has 4 heteroatoms. The minimum atomic E-state index is 0.688. The summed E-state index contributed by atoms with van der Waals surface area (Å²) in [5, 5.41) is 5.47. The molecule has 0 amide bonds. The van der Waals surface area contributed by atoms with Gasteiger partial charge in [0.25, 0.3) is 0 Å². The highest BCUT2D eigenvalue weighted by molar-refractivity contribution is 9.10. The van der Waals surface area contributed by atoms with Crippen molar-refractivity contribution in [2.45, 2.75) is 13.2 Å². The zero-order valence-corrected chi connectivity index (χ0v) is 12.5. The van der Waals surface area contributed by atoms with Crippen LogP contribution in [0.4, 0.5) is 0 Å². The summed E-state index contributed by atoms with van der Waals surface area (Å²) in [7, 11) is 0. The van der Waals surface area contributed by atoms with Crippen molar-refractivity contribution in [3.05, 3.63) is 56.7 Å². The molecule has 2 aromatic rings. The van der Waals surface area contributed by atoms with Gasteiger partial charge in [0.15, 0.2) is 0 Å². The first-order chi connectivity index (χ1) is 8.84. The number of ether oxygens (including phenoxy) is 1. The lowest BCUT2D eigenvalue weighted by atomic mass is 10.2. The fraction of sp³-hybridized carbons (Fsp3) is 0.286. The van der Waals surface area contributed by atoms with Gasteiger partial charge in [-0.3, -0.25) is 0 Å². The molecule has 0 bridgehead atoms. The van der Waals surface area contributed by atoms with E-state index in [-0.39, 0.29) is 0 Å². The van der Waals surface area contributed by atoms with Crippen LogP contribution in [0.5, 0.6) is 0 Å². The van der Waals surface area contributed by atoms with Crippen molar-refractivity contribution in [2.75, 3.05) is 13.2 Å². The standard InChI is InChI=1S/C14H16BrNOS/c15-13-8-14(18-11-13)9-16-6-7-17-10-12-4-2-1-3-5-12/h1-5,8,11,16H,6-7,9-10H2. The number of thiophene rings is 1. The van der Waals surface area contributed by atoms with Gasteiger partial charge in [-0.15, -0.1) is 11.3 Å². The first-order valence-corrected chi connectivity index (χ1v) is 7.57. The van der Waals surface area contributed by atoms with Crippen LogP contribution in [0.3, 0.4) is 0 Å². The van der Waals surface area contributed by atoms with Crippen molar-refractivity contribution in [3.63, 3.8) is 0 Å². The molecule has 0 aliphatic carbocycles. The van der Waals surface area contributed by atoms with E-state index in [4.69, 9.17) is 4.74 Å². The summed E-state index contributed by atoms with van der Waals surface area (Å²) in [5.74, 6) is 0. The topological polar surface area (TPSA) is 21.3 Å². The second kappa shape index (κ2) is 7.69. The van der Waals surface area contributed by atoms with E-state index in [2.05, 4.69) is 44.8 Å². The van der Waals surface area contributed by atoms with Crippen LogP contribution in [-0.2, 0) is 17.9 Å². The summed E-state index contributed by atoms with van der Waals surface area (Å²) in [6.07, 6.45) is 0. The molecular formula is C14H16BrNOS. The molecule has 96 valence electrons. The van der Waals surface area contributed by atoms with Gasteiger partial charge in [0, 0.05) is 27.8 Å². The van der Waals surface area contributed by atoms with Crippen molar-refractivity contribution in [1.82, 2.24) is 5.32 Å². The van der Waals surface area contributed by atoms with Gasteiger partial charge in [-0.25, -0.2) is 0 Å². The van der Waals surface area contributed by atoms with E-state index in [0.29, 0.717) is 6.61 Å². The van der Waals surface area contributed by atoms with Crippen LogP contribution in [0.1, 0.15) is 10.4 Å². The van der Waals surface area contributed by atoms with E-state index in [1.165, 1.54) is 10.4 Å². The van der Waals surface area contributed by atoms with Crippen LogP contribution in [0.2, 0.25) is 0 Å². The first kappa shape index (κ1) is 13.7. The van der Waals surface area contributed by atoms with Gasteiger partial charge in [-0.1, -0.05) is 30.3 Å². The van der Waals surface area contributed by atoms with Gasteiger partial charge < -0.3 is 10.1 Å². The molecule has 2 rings (SSSR count). The monoisotopic (exact) mass is 325 g/mol. The van der Waals surface area contributed by atoms with E-state index in [1.807, 2.05) is 18.2 Å². The largest absolute Gasteiger partial charge is 0.375 e. The van der Waals surface area contributed by atoms with Gasteiger partial charge in [-0.2, -0.15) is 0 Å². The first-order valence-electron chi connectivity index (χ1n) is 5.90. The summed E-state index contributed by atoms with van der Waals surface area (Å²) in [5.41, 5.74) is 1.22. The lowest BCUT2D eigenvalue weighted by Crippen LogP contribution is -2.18. The molecule has 0 radical (unpaired) electrons. The van der Waals surface area contributed by atoms with Gasteiger partial charge in [-0.05, 0) is 27.6 Å². The van der Waals surface area contributed by atoms with Crippen molar-refractivity contribution in [1.29, 1.82) is 0 Å². The minimum Gasteiger partial charge on any atom is -0.375 e. The molecule has 1 heterocycles. The third kappa shape index (κ3) is 4.90. The van der Waals surface area contributed by atoms with Crippen molar-refractivity contribution < 1.29 is 4.74 Å². The van der Waals surface area contributed by atoms with Crippen LogP contribution in [0.15, 0.2) is 46.3 Å². The number of halogens is 1. The summed E-state index contributed by atoms with van der Waals surface area (Å²) in [6.45, 7) is 3.21. The van der Waals surface area contributed by atoms with E-state index in [1.54, 1.807) is 11.3 Å². The molecule has 2 nitrogen and oxygen atoms in total. The van der Waals surface area contributed by atoms with Crippen LogP contribution < -0.4 is 5.32 Å². The number of nitrogens with one attached hydrogen (secondary N) is 1. The minimum absolute atomic E-state index is 0.688. The Morgan fingerprint density at radius 3 is 2.78 bits per heavy atom. The van der Waals surface area contributed by atoms with Gasteiger partial charge in [0.05, 0.1) is 13.2 Å². The van der Waals surface area contributed by atoms with Crippen molar-refractivity contribution in [3.8, 4) is 0 Å². The molecule has 0 unspecified atom stereocenters. The third-order valence-electron chi connectivity index (χ3n) is 2.46. The van der Waals surface area contributed by atoms with Crippen molar-refractivity contribution >= 4 is 27.3 Å². The zero-order chi connectivity index (χ0) is 12.6. The predicted molar refractivity (Wildman–Crippen MR) is 79.8 cm³/mol. The fourth-order valence-corrected chi connectivity index (χ4v) is 2.99. The fourth-order valence-electron chi connectivity index (χ4n) is 1.57. The molecule has 0 atom stereocenters. The molecular weight excluding hydrogens is 310 g/mol. The summed E-state index contributed by atoms with van der Waals surface area (Å²) in [4.78, 5) is 1.34. The van der Waals surface area contributed by atoms with Crippen LogP contribution in [0.25, 0.3) is 0 Å². The van der Waals surface area contributed by atoms with Crippen LogP contribution in [-0.4, -0.2) is 13.2 Å². The second-order valence-electron chi connectivity index (χ2n) is 3.95. The Bertz CT molecular complexity index is 458. The Hall–Kier alpha value is -0.680. The molecule has 0 saturated carbocycles. The predicted octanol–water partition coefficient (Wildman–Crippen LogP) is 3.82. The van der Waals surface area contributed by atoms with Gasteiger partial charge in [0.1, 0.15) is 0 Å². The summed E-state index contributed by atoms with van der Waals surface area (Å²) in [6, 6.07) is 12.4. The molecule has 0 saturated heterocycles. The average molecular weight is 326 g/mol. The van der Waals surface area contributed by atoms with Gasteiger partial charge >= 0.3 is 0 Å². The lowest BCUT2D eigenvalue weighted by Gasteiger charge is -2.05. The lowest BCUT2D eigenvalue weighted by molar-refractivity contribution is 0.122. The molecule has 0 aliphatic rings. The second-order valence-corrected chi connectivity index (χ2v) is 5.86. The summed E-state index contributed by atoms with van der Waals surface area (Å²) >= 11 is 5.21. The maximum absolute atomic E-state index is 5.59. The SMILES string of the molecule is Brc1csc(CNCCOCc2ccccc2)c1. The van der Waals surface area contributed by atoms with Crippen LogP contribution >= 0.6 is 27.3 Å². The molecule has 0 spiro atoms. The number of hydrogen-bond acceptors (Lipinski definition) is 3. The van der Waals surface area contributed by atoms with E-state index < -0.39 is 0 Å². The van der Waals surface area contributed by atoms with Crippen molar-refractivity contribution in [2.24, 2.45) is 0 Å². The van der Waals surface area contributed by atoms with E-state index in [9.17, 15) is 0 Å². The van der Waals surface area contributed by atoms with E-state index in [0.717, 1.165) is 24.2 Å². The Morgan fingerprint density at radius 1 is 1.22 bits per heavy atom. The molecule has 0 aliphatic heterocycles. The molecule has 18 heavy (non-hydrogen) atoms. The van der Waals surface area contributed by atoms with E-state index >= 15 is 0 Å². The number of hydrogen-bond donors (Lipinski definition) is 1. The highest BCUT2D eigenvalue weighted by Gasteiger charge is 1.97. The Morgan fingerprint density at radius 2 is 2.06 bits per heavy atom. The molecule has 1 N–H and O–H groups in total. The average Bonchev–Trinajstić information content (AvgIpc) is 2.81. The molecule has 0 fully saturated rings. The van der Waals surface area contributed by atoms with Crippen LogP contribution in [0, 0.1) is 0 Å². The number of benzene rings is 1. The quantitative estimate of drug-likeness (QED) is 0.781. The Kier molecular flexibility index (Phi) is 5.87. The van der Waals surface area contributed by atoms with Gasteiger partial charge in [0.2, 0.25) is 0 Å². The Labute approximate surface area is 120 Å². The number of rotatable bonds is 7. The smallest absolute Gasteiger partial charge is 0.0717 e. The molecule has 1 aromatic carbocycles. The maximum atomic E-state index is 5.59.